The third kappa shape index (κ3) is 5.70. The van der Waals surface area contributed by atoms with Crippen LogP contribution in [-0.4, -0.2) is 55.8 Å². The molecule has 7 nitrogen and oxygen atoms in total. The van der Waals surface area contributed by atoms with E-state index < -0.39 is 0 Å². The fourth-order valence-corrected chi connectivity index (χ4v) is 3.84. The van der Waals surface area contributed by atoms with Crippen molar-refractivity contribution in [3.63, 3.8) is 0 Å². The number of rotatable bonds is 9. The van der Waals surface area contributed by atoms with Gasteiger partial charge in [-0.15, -0.1) is 0 Å². The average molecular weight is 414 g/mol. The monoisotopic (exact) mass is 413 g/mol. The van der Waals surface area contributed by atoms with Gasteiger partial charge in [0.15, 0.2) is 0 Å². The molecule has 1 unspecified atom stereocenters. The van der Waals surface area contributed by atoms with Crippen molar-refractivity contribution in [2.45, 2.75) is 31.8 Å². The molecule has 1 N–H and O–H groups in total. The molecule has 1 aromatic carbocycles. The Kier molecular flexibility index (Phi) is 8.04. The maximum atomic E-state index is 12.8. The molecule has 1 amide bonds. The van der Waals surface area contributed by atoms with E-state index in [9.17, 15) is 9.59 Å². The van der Waals surface area contributed by atoms with Crippen molar-refractivity contribution in [2.24, 2.45) is 0 Å². The summed E-state index contributed by atoms with van der Waals surface area (Å²) in [6.07, 6.45) is 5.19. The number of piperidine rings is 1. The van der Waals surface area contributed by atoms with Gasteiger partial charge in [-0.3, -0.25) is 14.5 Å². The number of aromatic nitrogens is 1. The smallest absolute Gasteiger partial charge is 0.252 e. The summed E-state index contributed by atoms with van der Waals surface area (Å²) in [5.74, 6) is 0.634. The summed E-state index contributed by atoms with van der Waals surface area (Å²) in [5.41, 5.74) is 1.48. The van der Waals surface area contributed by atoms with Crippen molar-refractivity contribution in [2.75, 3.05) is 40.5 Å². The van der Waals surface area contributed by atoms with E-state index in [1.165, 1.54) is 29.9 Å². The summed E-state index contributed by atoms with van der Waals surface area (Å²) in [4.78, 5) is 27.2. The van der Waals surface area contributed by atoms with Crippen molar-refractivity contribution in [3.05, 3.63) is 64.1 Å². The number of carbonyl (C=O) groups excluding carboxylic acids is 1. The second-order valence-electron chi connectivity index (χ2n) is 7.54. The molecule has 3 rings (SSSR count). The summed E-state index contributed by atoms with van der Waals surface area (Å²) >= 11 is 0. The van der Waals surface area contributed by atoms with Crippen molar-refractivity contribution in [1.82, 2.24) is 14.8 Å². The Morgan fingerprint density at radius 2 is 1.80 bits per heavy atom. The number of ether oxygens (including phenoxy) is 2. The quantitative estimate of drug-likeness (QED) is 0.684. The number of hydrogen-bond donors (Lipinski definition) is 1. The Morgan fingerprint density at radius 3 is 2.47 bits per heavy atom. The molecule has 2 heterocycles. The van der Waals surface area contributed by atoms with E-state index in [4.69, 9.17) is 9.47 Å². The zero-order valence-electron chi connectivity index (χ0n) is 17.8. The van der Waals surface area contributed by atoms with Crippen LogP contribution in [0.2, 0.25) is 0 Å². The molecule has 1 atom stereocenters. The maximum absolute atomic E-state index is 12.8. The van der Waals surface area contributed by atoms with Gasteiger partial charge in [0.25, 0.3) is 11.5 Å². The summed E-state index contributed by atoms with van der Waals surface area (Å²) in [6.45, 7) is 3.38. The third-order valence-electron chi connectivity index (χ3n) is 5.57. The topological polar surface area (TPSA) is 72.8 Å². The molecule has 1 aromatic heterocycles. The van der Waals surface area contributed by atoms with E-state index in [0.29, 0.717) is 25.3 Å². The van der Waals surface area contributed by atoms with Gasteiger partial charge in [-0.25, -0.2) is 0 Å². The second kappa shape index (κ2) is 10.9. The number of nitrogens with zero attached hydrogens (tertiary/aromatic N) is 2. The van der Waals surface area contributed by atoms with Crippen LogP contribution in [0, 0.1) is 0 Å². The molecule has 2 aromatic rings. The lowest BCUT2D eigenvalue weighted by Gasteiger charge is -2.35. The van der Waals surface area contributed by atoms with Gasteiger partial charge in [-0.2, -0.15) is 0 Å². The highest BCUT2D eigenvalue weighted by atomic mass is 16.5. The van der Waals surface area contributed by atoms with Crippen LogP contribution >= 0.6 is 0 Å². The Bertz CT molecular complexity index is 873. The van der Waals surface area contributed by atoms with Crippen LogP contribution in [-0.2, 0) is 11.3 Å². The van der Waals surface area contributed by atoms with Gasteiger partial charge in [0.05, 0.1) is 25.3 Å². The zero-order valence-corrected chi connectivity index (χ0v) is 17.8. The molecular weight excluding hydrogens is 382 g/mol. The number of amides is 1. The highest BCUT2D eigenvalue weighted by Gasteiger charge is 2.23. The summed E-state index contributed by atoms with van der Waals surface area (Å²) < 4.78 is 11.8. The fraction of sp³-hybridized carbons (Fsp3) is 0.478. The number of hydrogen-bond acceptors (Lipinski definition) is 5. The van der Waals surface area contributed by atoms with Crippen LogP contribution in [0.15, 0.2) is 47.4 Å². The highest BCUT2D eigenvalue weighted by Crippen LogP contribution is 2.26. The molecule has 0 spiro atoms. The van der Waals surface area contributed by atoms with E-state index in [2.05, 4.69) is 22.3 Å². The number of pyridine rings is 1. The number of likely N-dealkylation sites (tertiary alicyclic amines) is 1. The van der Waals surface area contributed by atoms with Gasteiger partial charge in [0.1, 0.15) is 5.75 Å². The van der Waals surface area contributed by atoms with Crippen LogP contribution in [0.25, 0.3) is 0 Å². The largest absolute Gasteiger partial charge is 0.497 e. The number of benzene rings is 1. The Labute approximate surface area is 177 Å². The van der Waals surface area contributed by atoms with Crippen molar-refractivity contribution in [1.29, 1.82) is 0 Å². The zero-order chi connectivity index (χ0) is 21.3. The number of nitrogens with one attached hydrogen (secondary N) is 1. The first-order valence-electron chi connectivity index (χ1n) is 10.5. The second-order valence-corrected chi connectivity index (χ2v) is 7.54. The minimum Gasteiger partial charge on any atom is -0.497 e. The van der Waals surface area contributed by atoms with Gasteiger partial charge < -0.3 is 19.4 Å². The SMILES string of the molecule is COCCn1cc(C(=O)NCC(c2ccc(OC)cc2)N2CCCCC2)ccc1=O. The van der Waals surface area contributed by atoms with E-state index in [1.54, 1.807) is 26.5 Å². The lowest BCUT2D eigenvalue weighted by molar-refractivity contribution is 0.0923. The maximum Gasteiger partial charge on any atom is 0.252 e. The van der Waals surface area contributed by atoms with E-state index in [-0.39, 0.29) is 17.5 Å². The first-order valence-corrected chi connectivity index (χ1v) is 10.5. The Morgan fingerprint density at radius 1 is 1.07 bits per heavy atom. The predicted octanol–water partition coefficient (Wildman–Crippen LogP) is 2.46. The third-order valence-corrected chi connectivity index (χ3v) is 5.57. The van der Waals surface area contributed by atoms with Gasteiger partial charge in [0, 0.05) is 32.5 Å². The van der Waals surface area contributed by atoms with Crippen LogP contribution in [0.3, 0.4) is 0 Å². The summed E-state index contributed by atoms with van der Waals surface area (Å²) in [5, 5.41) is 3.07. The van der Waals surface area contributed by atoms with Crippen LogP contribution in [0.1, 0.15) is 41.2 Å². The van der Waals surface area contributed by atoms with E-state index >= 15 is 0 Å². The van der Waals surface area contributed by atoms with Crippen molar-refractivity contribution < 1.29 is 14.3 Å². The van der Waals surface area contributed by atoms with Crippen LogP contribution in [0.4, 0.5) is 0 Å². The lowest BCUT2D eigenvalue weighted by Crippen LogP contribution is -2.40. The first kappa shape index (κ1) is 22.1. The van der Waals surface area contributed by atoms with Crippen molar-refractivity contribution in [3.8, 4) is 5.75 Å². The summed E-state index contributed by atoms with van der Waals surface area (Å²) in [6, 6.07) is 11.1. The van der Waals surface area contributed by atoms with Crippen LogP contribution < -0.4 is 15.6 Å². The molecule has 0 saturated carbocycles. The molecule has 30 heavy (non-hydrogen) atoms. The van der Waals surface area contributed by atoms with Gasteiger partial charge in [-0.1, -0.05) is 18.6 Å². The molecule has 7 heteroatoms. The Balaban J connectivity index is 1.72. The summed E-state index contributed by atoms with van der Waals surface area (Å²) in [7, 11) is 3.24. The number of carbonyl (C=O) groups is 1. The molecule has 0 radical (unpaired) electrons. The molecule has 0 bridgehead atoms. The van der Waals surface area contributed by atoms with Gasteiger partial charge in [-0.05, 0) is 49.7 Å². The normalized spacial score (nSPS) is 15.5. The molecule has 0 aliphatic carbocycles. The van der Waals surface area contributed by atoms with Gasteiger partial charge >= 0.3 is 0 Å². The minimum atomic E-state index is -0.184. The number of methoxy groups -OCH3 is 2. The fourth-order valence-electron chi connectivity index (χ4n) is 3.84. The molecule has 1 aliphatic heterocycles. The molecule has 162 valence electrons. The standard InChI is InChI=1S/C23H31N3O4/c1-29-15-14-26-17-19(8-11-22(26)27)23(28)24-16-21(25-12-4-3-5-13-25)18-6-9-20(30-2)10-7-18/h6-11,17,21H,3-5,12-16H2,1-2H3,(H,24,28). The van der Waals surface area contributed by atoms with Gasteiger partial charge in [0.2, 0.25) is 0 Å². The van der Waals surface area contributed by atoms with E-state index in [0.717, 1.165) is 24.4 Å². The minimum absolute atomic E-state index is 0.0968. The molecule has 1 saturated heterocycles. The predicted molar refractivity (Wildman–Crippen MR) is 116 cm³/mol. The average Bonchev–Trinajstić information content (AvgIpc) is 2.79. The molecule has 1 aliphatic rings. The van der Waals surface area contributed by atoms with Crippen LogP contribution in [0.5, 0.6) is 5.75 Å². The lowest BCUT2D eigenvalue weighted by atomic mass is 10.0. The first-order chi connectivity index (χ1) is 14.6. The van der Waals surface area contributed by atoms with E-state index in [1.807, 2.05) is 12.1 Å². The Hall–Kier alpha value is -2.64. The molecule has 1 fully saturated rings. The molecular formula is C23H31N3O4. The van der Waals surface area contributed by atoms with Crippen molar-refractivity contribution >= 4 is 5.91 Å². The highest BCUT2D eigenvalue weighted by molar-refractivity contribution is 5.93.